The van der Waals surface area contributed by atoms with Gasteiger partial charge in [0.15, 0.2) is 1.41 Å². The minimum atomic E-state index is 0.636. The maximum atomic E-state index is 7.20. The van der Waals surface area contributed by atoms with Crippen molar-refractivity contribution in [2.45, 2.75) is 0 Å². The zero-order valence-corrected chi connectivity index (χ0v) is 5.17. The van der Waals surface area contributed by atoms with Crippen LogP contribution in [0.5, 0.6) is 0 Å². The molecule has 4 heteroatoms. The Morgan fingerprint density at radius 2 is 2.78 bits per heavy atom. The van der Waals surface area contributed by atoms with Gasteiger partial charge in [-0.05, 0) is 0 Å². The predicted molar refractivity (Wildman–Crippen MR) is 35.0 cm³/mol. The molecule has 2 heterocycles. The number of hydrazone groups is 1. The van der Waals surface area contributed by atoms with E-state index in [1.807, 2.05) is 0 Å². The molecule has 0 aromatic heterocycles. The van der Waals surface area contributed by atoms with Gasteiger partial charge in [-0.25, -0.2) is 0 Å². The van der Waals surface area contributed by atoms with Crippen LogP contribution in [0.3, 0.4) is 0 Å². The highest BCUT2D eigenvalue weighted by atomic mass is 15.5. The molecule has 1 fully saturated rings. The van der Waals surface area contributed by atoms with Crippen molar-refractivity contribution in [1.29, 1.82) is 0 Å². The second-order valence-electron chi connectivity index (χ2n) is 2.24. The molecule has 2 rings (SSSR count). The van der Waals surface area contributed by atoms with Gasteiger partial charge >= 0.3 is 0 Å². The average Bonchev–Trinajstić information content (AvgIpc) is 2.27. The van der Waals surface area contributed by atoms with Crippen molar-refractivity contribution in [2.24, 2.45) is 5.10 Å². The molecule has 9 heavy (non-hydrogen) atoms. The van der Waals surface area contributed by atoms with Crippen LogP contribution in [-0.4, -0.2) is 37.0 Å². The summed E-state index contributed by atoms with van der Waals surface area (Å²) in [7, 11) is 0. The highest BCUT2D eigenvalue weighted by molar-refractivity contribution is 5.85. The maximum Gasteiger partial charge on any atom is 0.186 e. The van der Waals surface area contributed by atoms with E-state index < -0.39 is 0 Å². The third kappa shape index (κ3) is 0.751. The van der Waals surface area contributed by atoms with Crippen molar-refractivity contribution < 1.29 is 1.41 Å². The number of hydrogen-bond donors (Lipinski definition) is 2. The second-order valence-corrected chi connectivity index (χ2v) is 2.24. The molecule has 0 aromatic rings. The van der Waals surface area contributed by atoms with E-state index in [2.05, 4.69) is 15.3 Å². The van der Waals surface area contributed by atoms with E-state index in [0.717, 1.165) is 25.5 Å². The van der Waals surface area contributed by atoms with Gasteiger partial charge in [-0.1, -0.05) is 0 Å². The molecule has 0 radical (unpaired) electrons. The van der Waals surface area contributed by atoms with Crippen LogP contribution in [0.15, 0.2) is 5.10 Å². The smallest absolute Gasteiger partial charge is 0.186 e. The molecule has 2 aliphatic heterocycles. The van der Waals surface area contributed by atoms with Crippen molar-refractivity contribution in [1.82, 2.24) is 15.6 Å². The fourth-order valence-corrected chi connectivity index (χ4v) is 1.10. The third-order valence-corrected chi connectivity index (χ3v) is 1.63. The number of nitrogens with zero attached hydrogens (tertiary/aromatic N) is 2. The summed E-state index contributed by atoms with van der Waals surface area (Å²) < 4.78 is 7.20. The molecule has 0 aromatic carbocycles. The Kier molecular flexibility index (Phi) is 0.857. The third-order valence-electron chi connectivity index (χ3n) is 1.63. The molecule has 4 nitrogen and oxygen atoms in total. The van der Waals surface area contributed by atoms with E-state index in [1.54, 1.807) is 0 Å². The van der Waals surface area contributed by atoms with Gasteiger partial charge in [0, 0.05) is 13.1 Å². The Balaban J connectivity index is 2.10. The van der Waals surface area contributed by atoms with Crippen LogP contribution < -0.4 is 10.7 Å². The van der Waals surface area contributed by atoms with Crippen LogP contribution in [-0.2, 0) is 0 Å². The molecule has 2 N–H and O–H groups in total. The molecule has 2 aliphatic rings. The van der Waals surface area contributed by atoms with E-state index in [4.69, 9.17) is 1.41 Å². The molecule has 0 unspecified atom stereocenters. The number of hydrogen-bond acceptors (Lipinski definition) is 4. The van der Waals surface area contributed by atoms with Gasteiger partial charge in [0.2, 0.25) is 0 Å². The van der Waals surface area contributed by atoms with Gasteiger partial charge in [-0.15, -0.1) is 0 Å². The molecule has 0 aliphatic carbocycles. The van der Waals surface area contributed by atoms with Gasteiger partial charge in [-0.2, -0.15) is 5.10 Å². The second kappa shape index (κ2) is 1.88. The fraction of sp³-hybridized carbons (Fsp3) is 0.800. The maximum absolute atomic E-state index is 7.20. The molecule has 0 amide bonds. The lowest BCUT2D eigenvalue weighted by Crippen LogP contribution is -2.46. The zero-order chi connectivity index (χ0) is 6.97. The summed E-state index contributed by atoms with van der Waals surface area (Å²) in [6.07, 6.45) is 0. The molecule has 0 spiro atoms. The number of rotatable bonds is 0. The standard InChI is InChI=1S/C5H10N4/c1-2-9-4-7-8-5(9)3-6-1/h6-7H,1-4H2/i/hD. The van der Waals surface area contributed by atoms with Crippen LogP contribution in [0, 0.1) is 0 Å². The van der Waals surface area contributed by atoms with E-state index in [1.165, 1.54) is 5.42 Å². The van der Waals surface area contributed by atoms with Gasteiger partial charge in [0.1, 0.15) is 12.5 Å². The largest absolute Gasteiger partial charge is 0.337 e. The number of piperazine rings is 1. The molecule has 0 bridgehead atoms. The van der Waals surface area contributed by atoms with Gasteiger partial charge in [-0.3, -0.25) is 5.42 Å². The summed E-state index contributed by atoms with van der Waals surface area (Å²) in [5.41, 5.74) is 1.22. The fourth-order valence-electron chi connectivity index (χ4n) is 1.10. The van der Waals surface area contributed by atoms with Crippen LogP contribution >= 0.6 is 0 Å². The SMILES string of the molecule is [2H]N1CN2CCNCC2=N1. The van der Waals surface area contributed by atoms with Crippen LogP contribution in [0.2, 0.25) is 1.41 Å². The minimum Gasteiger partial charge on any atom is -0.337 e. The molecular formula is C5H10N4. The van der Waals surface area contributed by atoms with Crippen molar-refractivity contribution in [3.63, 3.8) is 0 Å². The number of fused-ring (bicyclic) bond motifs is 1. The average molecular weight is 127 g/mol. The predicted octanol–water partition coefficient (Wildman–Crippen LogP) is -1.23. The summed E-state index contributed by atoms with van der Waals surface area (Å²) >= 11 is 0. The first-order chi connectivity index (χ1) is 4.86. The van der Waals surface area contributed by atoms with Gasteiger partial charge in [0.05, 0.1) is 6.54 Å². The highest BCUT2D eigenvalue weighted by Crippen LogP contribution is 1.98. The summed E-state index contributed by atoms with van der Waals surface area (Å²) in [5.74, 6) is 1.00. The summed E-state index contributed by atoms with van der Waals surface area (Å²) in [6, 6.07) is 0. The Morgan fingerprint density at radius 3 is 3.67 bits per heavy atom. The number of nitrogens with one attached hydrogen (secondary N) is 2. The highest BCUT2D eigenvalue weighted by Gasteiger charge is 2.18. The Hall–Kier alpha value is -0.770. The quantitative estimate of drug-likeness (QED) is 0.428. The Bertz CT molecular complexity index is 169. The summed E-state index contributed by atoms with van der Waals surface area (Å²) in [5, 5.41) is 7.18. The monoisotopic (exact) mass is 127 g/mol. The van der Waals surface area contributed by atoms with Crippen LogP contribution in [0.4, 0.5) is 0 Å². The molecule has 50 valence electrons. The Labute approximate surface area is 55.4 Å². The van der Waals surface area contributed by atoms with E-state index >= 15 is 0 Å². The summed E-state index contributed by atoms with van der Waals surface area (Å²) in [6.45, 7) is 3.44. The molecular weight excluding hydrogens is 116 g/mol. The van der Waals surface area contributed by atoms with E-state index in [0.29, 0.717) is 6.67 Å². The van der Waals surface area contributed by atoms with Crippen LogP contribution in [0.25, 0.3) is 0 Å². The van der Waals surface area contributed by atoms with Crippen LogP contribution in [0.1, 0.15) is 0 Å². The first kappa shape index (κ1) is 4.11. The van der Waals surface area contributed by atoms with E-state index in [-0.39, 0.29) is 0 Å². The topological polar surface area (TPSA) is 39.7 Å². The molecule has 0 atom stereocenters. The molecule has 0 saturated carbocycles. The number of amidine groups is 1. The lowest BCUT2D eigenvalue weighted by molar-refractivity contribution is 0.392. The lowest BCUT2D eigenvalue weighted by atomic mass is 10.4. The molecule has 1 saturated heterocycles. The van der Waals surface area contributed by atoms with E-state index in [9.17, 15) is 0 Å². The van der Waals surface area contributed by atoms with Crippen molar-refractivity contribution in [3.8, 4) is 0 Å². The summed E-state index contributed by atoms with van der Waals surface area (Å²) in [4.78, 5) is 2.11. The van der Waals surface area contributed by atoms with Gasteiger partial charge in [0.25, 0.3) is 0 Å². The van der Waals surface area contributed by atoms with Gasteiger partial charge < -0.3 is 10.2 Å². The minimum absolute atomic E-state index is 0.636. The lowest BCUT2D eigenvalue weighted by Gasteiger charge is -2.23. The first-order valence-corrected chi connectivity index (χ1v) is 3.16. The normalized spacial score (nSPS) is 27.6. The van der Waals surface area contributed by atoms with Crippen molar-refractivity contribution in [2.75, 3.05) is 26.3 Å². The van der Waals surface area contributed by atoms with Crippen molar-refractivity contribution >= 4 is 5.84 Å². The first-order valence-electron chi connectivity index (χ1n) is 3.60. The van der Waals surface area contributed by atoms with Crippen molar-refractivity contribution in [3.05, 3.63) is 0 Å². The zero-order valence-electron chi connectivity index (χ0n) is 6.17. The Morgan fingerprint density at radius 1 is 1.78 bits per heavy atom.